The van der Waals surface area contributed by atoms with E-state index in [9.17, 15) is 4.79 Å². The molecule has 1 heterocycles. The number of hydrogen-bond acceptors (Lipinski definition) is 7. The number of esters is 1. The zero-order chi connectivity index (χ0) is 23.9. The molecule has 8 heteroatoms. The smallest absolute Gasteiger partial charge is 0.316 e. The van der Waals surface area contributed by atoms with Gasteiger partial charge in [0.25, 0.3) is 0 Å². The molecular weight excluding hydrogens is 450 g/mol. The van der Waals surface area contributed by atoms with E-state index in [0.717, 1.165) is 22.4 Å². The predicted molar refractivity (Wildman–Crippen MR) is 132 cm³/mol. The normalized spacial score (nSPS) is 10.7. The molecule has 0 fully saturated rings. The van der Waals surface area contributed by atoms with Crippen molar-refractivity contribution >= 4 is 17.7 Å². The van der Waals surface area contributed by atoms with Gasteiger partial charge in [0.15, 0.2) is 22.5 Å². The third-order valence-electron chi connectivity index (χ3n) is 5.19. The van der Waals surface area contributed by atoms with Crippen LogP contribution in [0.2, 0.25) is 0 Å². The van der Waals surface area contributed by atoms with Gasteiger partial charge in [-0.2, -0.15) is 0 Å². The minimum absolute atomic E-state index is 0.114. The third-order valence-corrected chi connectivity index (χ3v) is 6.10. The van der Waals surface area contributed by atoms with Gasteiger partial charge in [0.1, 0.15) is 6.61 Å². The Morgan fingerprint density at radius 1 is 0.912 bits per heavy atom. The van der Waals surface area contributed by atoms with E-state index in [-0.39, 0.29) is 18.3 Å². The molecule has 4 rings (SSSR count). The van der Waals surface area contributed by atoms with Crippen LogP contribution in [0.1, 0.15) is 11.1 Å². The molecule has 1 aromatic heterocycles. The number of methoxy groups -OCH3 is 2. The van der Waals surface area contributed by atoms with Crippen molar-refractivity contribution in [3.63, 3.8) is 0 Å². The van der Waals surface area contributed by atoms with E-state index in [2.05, 4.69) is 10.2 Å². The van der Waals surface area contributed by atoms with Gasteiger partial charge in [0.05, 0.1) is 25.7 Å². The van der Waals surface area contributed by atoms with Crippen LogP contribution in [-0.2, 0) is 16.1 Å². The standard InChI is InChI=1S/C26H25N3O4S/c1-18-9-7-8-12-21(18)29-25(20-13-14-22(31-2)23(15-20)32-3)27-28-26(29)34-17-24(30)33-16-19-10-5-4-6-11-19/h4-15H,16-17H2,1-3H3. The molecule has 0 aliphatic carbocycles. The second kappa shape index (κ2) is 10.9. The van der Waals surface area contributed by atoms with E-state index < -0.39 is 0 Å². The molecule has 0 spiro atoms. The van der Waals surface area contributed by atoms with Crippen LogP contribution in [0.4, 0.5) is 0 Å². The zero-order valence-corrected chi connectivity index (χ0v) is 20.0. The summed E-state index contributed by atoms with van der Waals surface area (Å²) in [6, 6.07) is 23.2. The Kier molecular flexibility index (Phi) is 7.49. The molecule has 174 valence electrons. The van der Waals surface area contributed by atoms with Gasteiger partial charge in [0.2, 0.25) is 0 Å². The lowest BCUT2D eigenvalue weighted by Crippen LogP contribution is -2.09. The number of carbonyl (C=O) groups is 1. The quantitative estimate of drug-likeness (QED) is 0.246. The van der Waals surface area contributed by atoms with E-state index in [0.29, 0.717) is 22.5 Å². The Morgan fingerprint density at radius 2 is 1.65 bits per heavy atom. The number of aromatic nitrogens is 3. The Bertz CT molecular complexity index is 1270. The maximum atomic E-state index is 12.4. The van der Waals surface area contributed by atoms with Crippen LogP contribution in [0.3, 0.4) is 0 Å². The van der Waals surface area contributed by atoms with Crippen LogP contribution in [0, 0.1) is 6.92 Å². The van der Waals surface area contributed by atoms with Gasteiger partial charge in [-0.1, -0.05) is 60.3 Å². The molecule has 0 N–H and O–H groups in total. The molecule has 34 heavy (non-hydrogen) atoms. The van der Waals surface area contributed by atoms with Gasteiger partial charge in [-0.25, -0.2) is 0 Å². The lowest BCUT2D eigenvalue weighted by molar-refractivity contribution is -0.141. The van der Waals surface area contributed by atoms with Gasteiger partial charge in [-0.05, 0) is 42.3 Å². The second-order valence-corrected chi connectivity index (χ2v) is 8.38. The number of nitrogens with zero attached hydrogens (tertiary/aromatic N) is 3. The van der Waals surface area contributed by atoms with E-state index >= 15 is 0 Å². The summed E-state index contributed by atoms with van der Waals surface area (Å²) in [6.45, 7) is 2.26. The maximum Gasteiger partial charge on any atom is 0.316 e. The van der Waals surface area contributed by atoms with E-state index in [1.54, 1.807) is 14.2 Å². The summed E-state index contributed by atoms with van der Waals surface area (Å²) in [4.78, 5) is 12.4. The van der Waals surface area contributed by atoms with Crippen molar-refractivity contribution in [1.82, 2.24) is 14.8 Å². The first-order valence-electron chi connectivity index (χ1n) is 10.7. The van der Waals surface area contributed by atoms with Crippen LogP contribution in [0.5, 0.6) is 11.5 Å². The maximum absolute atomic E-state index is 12.4. The molecule has 7 nitrogen and oxygen atoms in total. The summed E-state index contributed by atoms with van der Waals surface area (Å²) in [5.41, 5.74) is 3.74. The SMILES string of the molecule is COc1ccc(-c2nnc(SCC(=O)OCc3ccccc3)n2-c2ccccc2C)cc1OC. The molecule has 4 aromatic rings. The number of benzene rings is 3. The topological polar surface area (TPSA) is 75.5 Å². The van der Waals surface area contributed by atoms with Crippen molar-refractivity contribution in [3.05, 3.63) is 83.9 Å². The molecule has 3 aromatic carbocycles. The minimum atomic E-state index is -0.319. The molecule has 0 unspecified atom stereocenters. The Morgan fingerprint density at radius 3 is 2.38 bits per heavy atom. The summed E-state index contributed by atoms with van der Waals surface area (Å²) < 4.78 is 18.2. The van der Waals surface area contributed by atoms with Crippen LogP contribution >= 0.6 is 11.8 Å². The van der Waals surface area contributed by atoms with Gasteiger partial charge in [0, 0.05) is 5.56 Å². The number of ether oxygens (including phenoxy) is 3. The van der Waals surface area contributed by atoms with Gasteiger partial charge < -0.3 is 14.2 Å². The number of para-hydroxylation sites is 1. The molecule has 0 radical (unpaired) electrons. The van der Waals surface area contributed by atoms with Gasteiger partial charge in [-0.3, -0.25) is 9.36 Å². The van der Waals surface area contributed by atoms with Crippen LogP contribution in [-0.4, -0.2) is 40.7 Å². The number of rotatable bonds is 9. The van der Waals surface area contributed by atoms with Crippen molar-refractivity contribution in [1.29, 1.82) is 0 Å². The third kappa shape index (κ3) is 5.23. The fourth-order valence-corrected chi connectivity index (χ4v) is 4.20. The number of aryl methyl sites for hydroxylation is 1. The summed E-state index contributed by atoms with van der Waals surface area (Å²) in [7, 11) is 3.19. The van der Waals surface area contributed by atoms with Crippen LogP contribution in [0.25, 0.3) is 17.1 Å². The summed E-state index contributed by atoms with van der Waals surface area (Å²) in [6.07, 6.45) is 0. The lowest BCUT2D eigenvalue weighted by atomic mass is 10.1. The highest BCUT2D eigenvalue weighted by Gasteiger charge is 2.20. The fourth-order valence-electron chi connectivity index (χ4n) is 3.46. The molecule has 0 saturated carbocycles. The van der Waals surface area contributed by atoms with Gasteiger partial charge in [-0.15, -0.1) is 10.2 Å². The monoisotopic (exact) mass is 475 g/mol. The van der Waals surface area contributed by atoms with Crippen molar-refractivity contribution in [2.45, 2.75) is 18.7 Å². The van der Waals surface area contributed by atoms with Crippen molar-refractivity contribution in [3.8, 4) is 28.6 Å². The molecule has 0 aliphatic rings. The Hall–Kier alpha value is -3.78. The average Bonchev–Trinajstić information content (AvgIpc) is 3.30. The fraction of sp³-hybridized carbons (Fsp3) is 0.192. The number of carbonyl (C=O) groups excluding carboxylic acids is 1. The second-order valence-electron chi connectivity index (χ2n) is 7.43. The predicted octanol–water partition coefficient (Wildman–Crippen LogP) is 5.10. The molecular formula is C26H25N3O4S. The largest absolute Gasteiger partial charge is 0.493 e. The first-order chi connectivity index (χ1) is 16.6. The summed E-state index contributed by atoms with van der Waals surface area (Å²) in [5, 5.41) is 9.44. The first-order valence-corrected chi connectivity index (χ1v) is 11.7. The van der Waals surface area contributed by atoms with Crippen molar-refractivity contribution in [2.75, 3.05) is 20.0 Å². The van der Waals surface area contributed by atoms with E-state index in [1.165, 1.54) is 11.8 Å². The molecule has 0 saturated heterocycles. The summed E-state index contributed by atoms with van der Waals surface area (Å²) >= 11 is 1.29. The lowest BCUT2D eigenvalue weighted by Gasteiger charge is -2.14. The van der Waals surface area contributed by atoms with Crippen molar-refractivity contribution < 1.29 is 19.0 Å². The number of thioether (sulfide) groups is 1. The highest BCUT2D eigenvalue weighted by molar-refractivity contribution is 7.99. The van der Waals surface area contributed by atoms with Crippen LogP contribution in [0.15, 0.2) is 78.0 Å². The number of hydrogen-bond donors (Lipinski definition) is 0. The minimum Gasteiger partial charge on any atom is -0.493 e. The Labute approximate surface area is 202 Å². The zero-order valence-electron chi connectivity index (χ0n) is 19.2. The molecule has 0 amide bonds. The molecule has 0 atom stereocenters. The first kappa shape index (κ1) is 23.4. The molecule has 0 bridgehead atoms. The van der Waals surface area contributed by atoms with Gasteiger partial charge >= 0.3 is 5.97 Å². The van der Waals surface area contributed by atoms with Crippen LogP contribution < -0.4 is 9.47 Å². The van der Waals surface area contributed by atoms with E-state index in [1.807, 2.05) is 84.3 Å². The molecule has 0 aliphatic heterocycles. The van der Waals surface area contributed by atoms with Crippen molar-refractivity contribution in [2.24, 2.45) is 0 Å². The highest BCUT2D eigenvalue weighted by atomic mass is 32.2. The highest BCUT2D eigenvalue weighted by Crippen LogP contribution is 2.34. The summed E-state index contributed by atoms with van der Waals surface area (Å²) in [5.74, 6) is 1.65. The van der Waals surface area contributed by atoms with E-state index in [4.69, 9.17) is 14.2 Å². The average molecular weight is 476 g/mol. The Balaban J connectivity index is 1.61.